The number of benzene rings is 1. The maximum Gasteiger partial charge on any atom is 0.150 e. The van der Waals surface area contributed by atoms with Gasteiger partial charge in [-0.25, -0.2) is 9.37 Å². The van der Waals surface area contributed by atoms with Gasteiger partial charge in [-0.1, -0.05) is 41.4 Å². The van der Waals surface area contributed by atoms with Crippen molar-refractivity contribution in [1.82, 2.24) is 4.98 Å². The Morgan fingerprint density at radius 2 is 2.00 bits per heavy atom. The van der Waals surface area contributed by atoms with E-state index in [1.54, 1.807) is 0 Å². The number of nitrogens with zero attached hydrogens (tertiary/aromatic N) is 1. The second-order valence-corrected chi connectivity index (χ2v) is 5.26. The van der Waals surface area contributed by atoms with E-state index in [1.165, 1.54) is 6.07 Å². The molecule has 0 aliphatic rings. The molecule has 0 N–H and O–H groups in total. The molecule has 0 saturated heterocycles. The van der Waals surface area contributed by atoms with Gasteiger partial charge < -0.3 is 0 Å². The van der Waals surface area contributed by atoms with E-state index < -0.39 is 0 Å². The first-order valence-electron chi connectivity index (χ1n) is 4.94. The molecule has 0 radical (unpaired) electrons. The summed E-state index contributed by atoms with van der Waals surface area (Å²) in [4.78, 5) is 4.11. The van der Waals surface area contributed by atoms with Gasteiger partial charge in [0.15, 0.2) is 5.82 Å². The minimum atomic E-state index is -0.360. The lowest BCUT2D eigenvalue weighted by molar-refractivity contribution is 0.636. The van der Waals surface area contributed by atoms with Crippen LogP contribution in [0.4, 0.5) is 4.39 Å². The Bertz CT molecular complexity index is 554. The normalized spacial score (nSPS) is 11.4. The number of rotatable bonds is 1. The molecule has 0 atom stereocenters. The predicted molar refractivity (Wildman–Crippen MR) is 68.5 cm³/mol. The first kappa shape index (κ1) is 11.8. The van der Waals surface area contributed by atoms with Gasteiger partial charge in [-0.15, -0.1) is 0 Å². The summed E-state index contributed by atoms with van der Waals surface area (Å²) in [6.07, 6.45) is 0. The van der Waals surface area contributed by atoms with Crippen LogP contribution in [0.25, 0.3) is 10.9 Å². The second kappa shape index (κ2) is 4.30. The molecule has 0 aliphatic heterocycles. The van der Waals surface area contributed by atoms with E-state index in [2.05, 4.69) is 20.9 Å². The first-order chi connectivity index (χ1) is 7.49. The van der Waals surface area contributed by atoms with Gasteiger partial charge in [-0.3, -0.25) is 0 Å². The second-order valence-electron chi connectivity index (χ2n) is 3.98. The van der Waals surface area contributed by atoms with Gasteiger partial charge in [0.2, 0.25) is 0 Å². The van der Waals surface area contributed by atoms with Gasteiger partial charge >= 0.3 is 0 Å². The third kappa shape index (κ3) is 2.06. The van der Waals surface area contributed by atoms with E-state index >= 15 is 0 Å². The minimum absolute atomic E-state index is 0.270. The van der Waals surface area contributed by atoms with Gasteiger partial charge in [-0.05, 0) is 29.7 Å². The summed E-state index contributed by atoms with van der Waals surface area (Å²) in [6, 6.07) is 5.12. The summed E-state index contributed by atoms with van der Waals surface area (Å²) in [5, 5.41) is 1.14. The monoisotopic (exact) mass is 301 g/mol. The highest BCUT2D eigenvalue weighted by molar-refractivity contribution is 9.10. The number of pyridine rings is 1. The van der Waals surface area contributed by atoms with Crippen LogP contribution < -0.4 is 0 Å². The molecule has 16 heavy (non-hydrogen) atoms. The average molecular weight is 303 g/mol. The lowest BCUT2D eigenvalue weighted by Crippen LogP contribution is -1.94. The van der Waals surface area contributed by atoms with Crippen LogP contribution in [0.2, 0.25) is 5.15 Å². The molecule has 2 rings (SSSR count). The summed E-state index contributed by atoms with van der Waals surface area (Å²) in [6.45, 7) is 4.06. The highest BCUT2D eigenvalue weighted by Crippen LogP contribution is 2.29. The zero-order chi connectivity index (χ0) is 11.9. The fourth-order valence-corrected chi connectivity index (χ4v) is 2.41. The summed E-state index contributed by atoms with van der Waals surface area (Å²) in [5.74, 6) is -0.0898. The molecule has 2 aromatic rings. The molecule has 1 aromatic heterocycles. The molecular formula is C12H10BrClFN. The van der Waals surface area contributed by atoms with E-state index in [4.69, 9.17) is 11.6 Å². The third-order valence-corrected chi connectivity index (χ3v) is 3.20. The van der Waals surface area contributed by atoms with Crippen molar-refractivity contribution in [2.24, 2.45) is 0 Å². The maximum atomic E-state index is 13.6. The number of halogens is 3. The lowest BCUT2D eigenvalue weighted by Gasteiger charge is -2.09. The molecule has 0 spiro atoms. The Morgan fingerprint density at radius 1 is 1.31 bits per heavy atom. The number of fused-ring (bicyclic) bond motifs is 1. The molecule has 0 bridgehead atoms. The van der Waals surface area contributed by atoms with E-state index in [0.717, 1.165) is 10.9 Å². The number of aromatic nitrogens is 1. The van der Waals surface area contributed by atoms with Crippen LogP contribution in [-0.4, -0.2) is 4.98 Å². The lowest BCUT2D eigenvalue weighted by atomic mass is 10.0. The van der Waals surface area contributed by atoms with Crippen molar-refractivity contribution in [2.75, 3.05) is 0 Å². The largest absolute Gasteiger partial charge is 0.233 e. The van der Waals surface area contributed by atoms with Gasteiger partial charge in [0.1, 0.15) is 10.7 Å². The van der Waals surface area contributed by atoms with E-state index in [1.807, 2.05) is 26.0 Å². The quantitative estimate of drug-likeness (QED) is 0.682. The van der Waals surface area contributed by atoms with Crippen LogP contribution in [0.3, 0.4) is 0 Å². The topological polar surface area (TPSA) is 12.9 Å². The Labute approximate surface area is 107 Å². The van der Waals surface area contributed by atoms with E-state index in [0.29, 0.717) is 15.1 Å². The SMILES string of the molecule is CC(C)c1cc2cc(Br)cc(F)c2nc1Cl. The standard InChI is InChI=1S/C12H10BrClFN/c1-6(2)9-4-7-3-8(13)5-10(15)11(7)16-12(9)14/h3-6H,1-2H3. The van der Waals surface area contributed by atoms with Crippen LogP contribution >= 0.6 is 27.5 Å². The van der Waals surface area contributed by atoms with Gasteiger partial charge in [-0.2, -0.15) is 0 Å². The summed E-state index contributed by atoms with van der Waals surface area (Å²) >= 11 is 9.28. The Hall–Kier alpha value is -0.670. The van der Waals surface area contributed by atoms with Gasteiger partial charge in [0.05, 0.1) is 0 Å². The van der Waals surface area contributed by atoms with Crippen molar-refractivity contribution in [3.8, 4) is 0 Å². The van der Waals surface area contributed by atoms with Gasteiger partial charge in [0, 0.05) is 9.86 Å². The zero-order valence-corrected chi connectivity index (χ0v) is 11.2. The van der Waals surface area contributed by atoms with Crippen molar-refractivity contribution in [1.29, 1.82) is 0 Å². The molecule has 1 heterocycles. The third-order valence-electron chi connectivity index (χ3n) is 2.44. The molecular weight excluding hydrogens is 292 g/mol. The fourth-order valence-electron chi connectivity index (χ4n) is 1.61. The Morgan fingerprint density at radius 3 is 2.62 bits per heavy atom. The van der Waals surface area contributed by atoms with E-state index in [-0.39, 0.29) is 11.7 Å². The summed E-state index contributed by atoms with van der Waals surface area (Å²) in [7, 11) is 0. The molecule has 1 aromatic carbocycles. The van der Waals surface area contributed by atoms with Crippen LogP contribution in [-0.2, 0) is 0 Å². The number of hydrogen-bond donors (Lipinski definition) is 0. The van der Waals surface area contributed by atoms with Crippen molar-refractivity contribution < 1.29 is 4.39 Å². The van der Waals surface area contributed by atoms with Crippen molar-refractivity contribution in [3.63, 3.8) is 0 Å². The van der Waals surface area contributed by atoms with Crippen molar-refractivity contribution in [2.45, 2.75) is 19.8 Å². The average Bonchev–Trinajstić information content (AvgIpc) is 2.18. The van der Waals surface area contributed by atoms with E-state index in [9.17, 15) is 4.39 Å². The molecule has 0 aliphatic carbocycles. The predicted octanol–water partition coefficient (Wildman–Crippen LogP) is 4.91. The molecule has 84 valence electrons. The number of hydrogen-bond acceptors (Lipinski definition) is 1. The zero-order valence-electron chi connectivity index (χ0n) is 8.89. The highest BCUT2D eigenvalue weighted by atomic mass is 79.9. The molecule has 0 amide bonds. The van der Waals surface area contributed by atoms with Crippen molar-refractivity contribution >= 4 is 38.4 Å². The van der Waals surface area contributed by atoms with Crippen LogP contribution in [0.1, 0.15) is 25.3 Å². The van der Waals surface area contributed by atoms with Crippen molar-refractivity contribution in [3.05, 3.63) is 39.2 Å². The Balaban J connectivity index is 2.79. The maximum absolute atomic E-state index is 13.6. The molecule has 4 heteroatoms. The van der Waals surface area contributed by atoms with Crippen LogP contribution in [0, 0.1) is 5.82 Å². The van der Waals surface area contributed by atoms with Gasteiger partial charge in [0.25, 0.3) is 0 Å². The fraction of sp³-hybridized carbons (Fsp3) is 0.250. The molecule has 0 fully saturated rings. The molecule has 1 nitrogen and oxygen atoms in total. The molecule has 0 saturated carbocycles. The summed E-state index contributed by atoms with van der Waals surface area (Å²) < 4.78 is 14.3. The molecule has 0 unspecified atom stereocenters. The van der Waals surface area contributed by atoms with Crippen LogP contribution in [0.5, 0.6) is 0 Å². The van der Waals surface area contributed by atoms with Crippen LogP contribution in [0.15, 0.2) is 22.7 Å². The Kier molecular flexibility index (Phi) is 3.17. The minimum Gasteiger partial charge on any atom is -0.233 e. The smallest absolute Gasteiger partial charge is 0.150 e. The highest BCUT2D eigenvalue weighted by Gasteiger charge is 2.11. The first-order valence-corrected chi connectivity index (χ1v) is 6.11. The summed E-state index contributed by atoms with van der Waals surface area (Å²) in [5.41, 5.74) is 1.25.